The molecule has 0 radical (unpaired) electrons. The van der Waals surface area contributed by atoms with Crippen molar-refractivity contribution in [1.82, 2.24) is 4.90 Å². The molecule has 0 saturated carbocycles. The van der Waals surface area contributed by atoms with Gasteiger partial charge in [0, 0.05) is 6.54 Å². The number of halogens is 1. The smallest absolute Gasteiger partial charge is 0.236 e. The van der Waals surface area contributed by atoms with Crippen LogP contribution >= 0.6 is 15.9 Å². The first-order chi connectivity index (χ1) is 7.11. The number of hydrogen-bond acceptors (Lipinski definition) is 3. The Morgan fingerprint density at radius 3 is 2.60 bits per heavy atom. The minimum Gasteiger partial charge on any atom is -0.394 e. The molecule has 2 N–H and O–H groups in total. The number of piperidine rings is 1. The molecule has 1 amide bonds. The van der Waals surface area contributed by atoms with Crippen molar-refractivity contribution in [2.45, 2.75) is 36.6 Å². The first kappa shape index (κ1) is 12.9. The molecular weight excluding hydrogens is 262 g/mol. The van der Waals surface area contributed by atoms with Gasteiger partial charge in [0.1, 0.15) is 0 Å². The number of hydrogen-bond donors (Lipinski definition) is 2. The highest BCUT2D eigenvalue weighted by Gasteiger charge is 2.40. The van der Waals surface area contributed by atoms with Gasteiger partial charge in [0.15, 0.2) is 0 Å². The molecule has 1 aliphatic heterocycles. The zero-order valence-electron chi connectivity index (χ0n) is 8.95. The van der Waals surface area contributed by atoms with E-state index in [4.69, 9.17) is 0 Å². The summed E-state index contributed by atoms with van der Waals surface area (Å²) in [7, 11) is 0. The van der Waals surface area contributed by atoms with Gasteiger partial charge in [0.2, 0.25) is 5.91 Å². The van der Waals surface area contributed by atoms with Gasteiger partial charge in [-0.05, 0) is 19.3 Å². The molecule has 5 heteroatoms. The molecule has 0 aromatic carbocycles. The molecule has 0 aromatic heterocycles. The second-order valence-electron chi connectivity index (χ2n) is 3.99. The zero-order chi connectivity index (χ0) is 11.5. The van der Waals surface area contributed by atoms with E-state index in [-0.39, 0.29) is 23.9 Å². The summed E-state index contributed by atoms with van der Waals surface area (Å²) >= 11 is 3.32. The predicted octanol–water partition coefficient (Wildman–Crippen LogP) is 0.506. The van der Waals surface area contributed by atoms with Gasteiger partial charge in [0.25, 0.3) is 0 Å². The first-order valence-corrected chi connectivity index (χ1v) is 6.20. The number of likely N-dealkylation sites (tertiary alicyclic amines) is 1. The van der Waals surface area contributed by atoms with Gasteiger partial charge in [-0.25, -0.2) is 0 Å². The molecule has 0 spiro atoms. The fourth-order valence-electron chi connectivity index (χ4n) is 1.94. The third-order valence-electron chi connectivity index (χ3n) is 3.19. The van der Waals surface area contributed by atoms with E-state index in [9.17, 15) is 15.0 Å². The molecule has 4 nitrogen and oxygen atoms in total. The van der Waals surface area contributed by atoms with Gasteiger partial charge in [-0.2, -0.15) is 0 Å². The third kappa shape index (κ3) is 2.34. The maximum Gasteiger partial charge on any atom is 0.236 e. The molecule has 15 heavy (non-hydrogen) atoms. The summed E-state index contributed by atoms with van der Waals surface area (Å²) in [5.41, 5.74) is -0.788. The van der Waals surface area contributed by atoms with Crippen LogP contribution in [-0.2, 0) is 4.79 Å². The monoisotopic (exact) mass is 279 g/mol. The maximum absolute atomic E-state index is 11.9. The lowest BCUT2D eigenvalue weighted by atomic mass is 9.92. The van der Waals surface area contributed by atoms with Crippen LogP contribution in [0.15, 0.2) is 0 Å². The van der Waals surface area contributed by atoms with E-state index < -0.39 is 5.54 Å². The Morgan fingerprint density at radius 1 is 1.53 bits per heavy atom. The SMILES string of the molecule is CCC(CO)(CO)N1CCCC(Br)C1=O. The van der Waals surface area contributed by atoms with Crippen molar-refractivity contribution < 1.29 is 15.0 Å². The fraction of sp³-hybridized carbons (Fsp3) is 0.900. The summed E-state index contributed by atoms with van der Waals surface area (Å²) in [6, 6.07) is 0. The van der Waals surface area contributed by atoms with Crippen LogP contribution in [0.25, 0.3) is 0 Å². The van der Waals surface area contributed by atoms with Crippen molar-refractivity contribution >= 4 is 21.8 Å². The number of amides is 1. The lowest BCUT2D eigenvalue weighted by molar-refractivity contribution is -0.144. The van der Waals surface area contributed by atoms with Crippen molar-refractivity contribution in [2.75, 3.05) is 19.8 Å². The molecule has 1 fully saturated rings. The van der Waals surface area contributed by atoms with Crippen LogP contribution in [0.5, 0.6) is 0 Å². The Balaban J connectivity index is 2.87. The highest BCUT2D eigenvalue weighted by atomic mass is 79.9. The molecule has 1 unspecified atom stereocenters. The molecule has 1 aliphatic rings. The van der Waals surface area contributed by atoms with Crippen LogP contribution in [0.4, 0.5) is 0 Å². The quantitative estimate of drug-likeness (QED) is 0.737. The fourth-order valence-corrected chi connectivity index (χ4v) is 2.51. The Labute approximate surface area is 98.4 Å². The molecule has 1 heterocycles. The van der Waals surface area contributed by atoms with Crippen LogP contribution in [-0.4, -0.2) is 51.1 Å². The molecule has 1 rings (SSSR count). The van der Waals surface area contributed by atoms with Gasteiger partial charge >= 0.3 is 0 Å². The average molecular weight is 280 g/mol. The number of nitrogens with zero attached hydrogens (tertiary/aromatic N) is 1. The minimum absolute atomic E-state index is 0.0220. The number of carbonyl (C=O) groups excluding carboxylic acids is 1. The van der Waals surface area contributed by atoms with Gasteiger partial charge in [-0.3, -0.25) is 4.79 Å². The number of aliphatic hydroxyl groups excluding tert-OH is 2. The second kappa shape index (κ2) is 5.27. The van der Waals surface area contributed by atoms with Gasteiger partial charge < -0.3 is 15.1 Å². The van der Waals surface area contributed by atoms with Crippen LogP contribution in [0.3, 0.4) is 0 Å². The minimum atomic E-state index is -0.788. The normalized spacial score (nSPS) is 23.3. The molecule has 88 valence electrons. The Morgan fingerprint density at radius 2 is 2.13 bits per heavy atom. The standard InChI is InChI=1S/C10H18BrNO3/c1-2-10(6-13,7-14)12-5-3-4-8(11)9(12)15/h8,13-14H,2-7H2,1H3. The summed E-state index contributed by atoms with van der Waals surface area (Å²) in [6.07, 6.45) is 2.29. The summed E-state index contributed by atoms with van der Waals surface area (Å²) in [4.78, 5) is 13.4. The molecular formula is C10H18BrNO3. The third-order valence-corrected chi connectivity index (χ3v) is 4.04. The van der Waals surface area contributed by atoms with Crippen molar-refractivity contribution in [3.63, 3.8) is 0 Å². The predicted molar refractivity (Wildman–Crippen MR) is 60.9 cm³/mol. The van der Waals surface area contributed by atoms with Crippen LogP contribution in [0.2, 0.25) is 0 Å². The van der Waals surface area contributed by atoms with Gasteiger partial charge in [-0.15, -0.1) is 0 Å². The number of aliphatic hydroxyl groups is 2. The first-order valence-electron chi connectivity index (χ1n) is 5.28. The lowest BCUT2D eigenvalue weighted by Gasteiger charge is -2.44. The van der Waals surface area contributed by atoms with Gasteiger partial charge in [-0.1, -0.05) is 22.9 Å². The Hall–Kier alpha value is -0.130. The van der Waals surface area contributed by atoms with E-state index >= 15 is 0 Å². The summed E-state index contributed by atoms with van der Waals surface area (Å²) in [6.45, 7) is 2.12. The maximum atomic E-state index is 11.9. The highest BCUT2D eigenvalue weighted by molar-refractivity contribution is 9.10. The number of rotatable bonds is 4. The van der Waals surface area contributed by atoms with Gasteiger partial charge in [0.05, 0.1) is 23.6 Å². The largest absolute Gasteiger partial charge is 0.394 e. The average Bonchev–Trinajstić information content (AvgIpc) is 2.27. The molecule has 1 saturated heterocycles. The summed E-state index contributed by atoms with van der Waals surface area (Å²) < 4.78 is 0. The summed E-state index contributed by atoms with van der Waals surface area (Å²) in [5.74, 6) is -0.0220. The van der Waals surface area contributed by atoms with E-state index in [2.05, 4.69) is 15.9 Å². The second-order valence-corrected chi connectivity index (χ2v) is 5.10. The Bertz CT molecular complexity index is 222. The van der Waals surface area contributed by atoms with E-state index in [0.717, 1.165) is 12.8 Å². The zero-order valence-corrected chi connectivity index (χ0v) is 10.5. The number of carbonyl (C=O) groups is 1. The van der Waals surface area contributed by atoms with Crippen molar-refractivity contribution in [2.24, 2.45) is 0 Å². The number of alkyl halides is 1. The highest BCUT2D eigenvalue weighted by Crippen LogP contribution is 2.27. The molecule has 0 aromatic rings. The van der Waals surface area contributed by atoms with E-state index in [1.54, 1.807) is 4.90 Å². The summed E-state index contributed by atoms with van der Waals surface area (Å²) in [5, 5.41) is 18.7. The Kier molecular flexibility index (Phi) is 4.55. The topological polar surface area (TPSA) is 60.8 Å². The van der Waals surface area contributed by atoms with E-state index in [0.29, 0.717) is 13.0 Å². The van der Waals surface area contributed by atoms with Crippen molar-refractivity contribution in [3.05, 3.63) is 0 Å². The van der Waals surface area contributed by atoms with E-state index in [1.807, 2.05) is 6.92 Å². The molecule has 1 atom stereocenters. The molecule has 0 aliphatic carbocycles. The van der Waals surface area contributed by atoms with Crippen molar-refractivity contribution in [1.29, 1.82) is 0 Å². The van der Waals surface area contributed by atoms with Crippen LogP contribution < -0.4 is 0 Å². The van der Waals surface area contributed by atoms with Crippen LogP contribution in [0, 0.1) is 0 Å². The lowest BCUT2D eigenvalue weighted by Crippen LogP contribution is -2.60. The van der Waals surface area contributed by atoms with Crippen molar-refractivity contribution in [3.8, 4) is 0 Å². The van der Waals surface area contributed by atoms with E-state index in [1.165, 1.54) is 0 Å². The molecule has 0 bridgehead atoms. The van der Waals surface area contributed by atoms with Crippen LogP contribution in [0.1, 0.15) is 26.2 Å².